The molecule has 4 heterocycles. The van der Waals surface area contributed by atoms with Crippen LogP contribution in [0.5, 0.6) is 0 Å². The summed E-state index contributed by atoms with van der Waals surface area (Å²) in [5, 5.41) is 0. The molecule has 0 unspecified atom stereocenters. The highest BCUT2D eigenvalue weighted by atomic mass is 16.4. The largest absolute Gasteiger partial charge is 0.443 e. The number of oxazole rings is 2. The molecule has 3 aromatic carbocycles. The summed E-state index contributed by atoms with van der Waals surface area (Å²) < 4.78 is 15.6. The lowest BCUT2D eigenvalue weighted by molar-refractivity contribution is 0.566. The molecule has 0 saturated heterocycles. The van der Waals surface area contributed by atoms with Crippen LogP contribution in [0.4, 0.5) is 0 Å². The highest BCUT2D eigenvalue weighted by Gasteiger charge is 2.21. The van der Waals surface area contributed by atoms with Gasteiger partial charge in [-0.25, -0.2) is 15.0 Å². The maximum atomic E-state index is 6.22. The lowest BCUT2D eigenvalue weighted by Gasteiger charge is -2.04. The summed E-state index contributed by atoms with van der Waals surface area (Å²) in [5.41, 5.74) is 5.72. The predicted molar refractivity (Wildman–Crippen MR) is 145 cm³/mol. The highest BCUT2D eigenvalue weighted by molar-refractivity contribution is 5.89. The Balaban J connectivity index is 1.41. The number of nitrogens with zero attached hydrogens (tertiary/aromatic N) is 6. The Morgan fingerprint density at radius 2 is 1.45 bits per heavy atom. The smallest absolute Gasteiger partial charge is 0.308 e. The third-order valence-electron chi connectivity index (χ3n) is 6.58. The predicted octanol–water partition coefficient (Wildman–Crippen LogP) is 7.02. The first-order valence-electron chi connectivity index (χ1n) is 12.7. The molecule has 0 spiro atoms. The molecule has 0 N–H and O–H groups in total. The number of hydrogen-bond acceptors (Lipinski definition) is 6. The van der Waals surface area contributed by atoms with Crippen LogP contribution in [0.25, 0.3) is 56.8 Å². The molecular formula is C30H24N6O2. The fraction of sp³-hybridized carbons (Fsp3) is 0.133. The standard InChI is InChI=1S/C30H24N6O2/c1-2-3-14-22-17-35(28(32-22)20-10-6-4-7-11-20)27-18-36(29(34-27)21-12-8-5-9-13-21)30-33-24-16-25-23(31-19-37-25)15-26(24)38-30/h4-13,15-19H,2-3,14H2,1H3. The quantitative estimate of drug-likeness (QED) is 0.234. The molecule has 0 aliphatic carbocycles. The summed E-state index contributed by atoms with van der Waals surface area (Å²) >= 11 is 0. The van der Waals surface area contributed by atoms with Gasteiger partial charge in [0.05, 0.1) is 11.9 Å². The number of benzene rings is 3. The van der Waals surface area contributed by atoms with E-state index in [9.17, 15) is 0 Å². The van der Waals surface area contributed by atoms with E-state index in [2.05, 4.69) is 34.8 Å². The summed E-state index contributed by atoms with van der Waals surface area (Å²) in [4.78, 5) is 19.1. The highest BCUT2D eigenvalue weighted by Crippen LogP contribution is 2.30. The average molecular weight is 501 g/mol. The van der Waals surface area contributed by atoms with Crippen molar-refractivity contribution in [3.8, 4) is 34.6 Å². The fourth-order valence-electron chi connectivity index (χ4n) is 4.66. The molecule has 0 radical (unpaired) electrons. The van der Waals surface area contributed by atoms with Gasteiger partial charge < -0.3 is 8.83 Å². The van der Waals surface area contributed by atoms with E-state index in [1.165, 1.54) is 6.39 Å². The van der Waals surface area contributed by atoms with E-state index in [4.69, 9.17) is 23.8 Å². The van der Waals surface area contributed by atoms with Gasteiger partial charge in [-0.05, 0) is 12.8 Å². The minimum Gasteiger partial charge on any atom is -0.443 e. The molecule has 8 nitrogen and oxygen atoms in total. The van der Waals surface area contributed by atoms with Gasteiger partial charge in [-0.3, -0.25) is 9.13 Å². The first-order valence-corrected chi connectivity index (χ1v) is 12.7. The van der Waals surface area contributed by atoms with E-state index in [-0.39, 0.29) is 0 Å². The fourth-order valence-corrected chi connectivity index (χ4v) is 4.66. The molecule has 186 valence electrons. The normalized spacial score (nSPS) is 11.6. The van der Waals surface area contributed by atoms with Gasteiger partial charge >= 0.3 is 6.01 Å². The van der Waals surface area contributed by atoms with Crippen molar-refractivity contribution in [2.75, 3.05) is 0 Å². The van der Waals surface area contributed by atoms with Crippen molar-refractivity contribution in [2.45, 2.75) is 26.2 Å². The van der Waals surface area contributed by atoms with Crippen LogP contribution in [0.3, 0.4) is 0 Å². The van der Waals surface area contributed by atoms with E-state index in [0.29, 0.717) is 22.7 Å². The summed E-state index contributed by atoms with van der Waals surface area (Å²) in [5.74, 6) is 2.30. The van der Waals surface area contributed by atoms with Crippen LogP contribution in [0.2, 0.25) is 0 Å². The third-order valence-corrected chi connectivity index (χ3v) is 6.58. The van der Waals surface area contributed by atoms with Crippen LogP contribution in [0.1, 0.15) is 25.5 Å². The number of aryl methyl sites for hydroxylation is 1. The van der Waals surface area contributed by atoms with E-state index >= 15 is 0 Å². The molecule has 0 aliphatic heterocycles. The van der Waals surface area contributed by atoms with Gasteiger partial charge in [-0.1, -0.05) is 74.0 Å². The van der Waals surface area contributed by atoms with Gasteiger partial charge in [0.25, 0.3) is 0 Å². The Hall–Kier alpha value is -4.98. The molecule has 7 rings (SSSR count). The summed E-state index contributed by atoms with van der Waals surface area (Å²) in [7, 11) is 0. The zero-order chi connectivity index (χ0) is 25.5. The SMILES string of the molecule is CCCCc1cn(-c2cn(-c3nc4cc5ocnc5cc4o3)c(-c3ccccc3)n2)c(-c2ccccc2)n1. The summed E-state index contributed by atoms with van der Waals surface area (Å²) in [6, 6.07) is 24.3. The van der Waals surface area contributed by atoms with Crippen LogP contribution in [0.15, 0.2) is 100 Å². The van der Waals surface area contributed by atoms with Crippen molar-refractivity contribution >= 4 is 22.2 Å². The maximum absolute atomic E-state index is 6.22. The number of hydrogen-bond donors (Lipinski definition) is 0. The Labute approximate surface area is 218 Å². The molecular weight excluding hydrogens is 476 g/mol. The van der Waals surface area contributed by atoms with E-state index in [1.807, 2.05) is 71.4 Å². The zero-order valence-corrected chi connectivity index (χ0v) is 20.8. The molecule has 7 aromatic rings. The lowest BCUT2D eigenvalue weighted by Crippen LogP contribution is -1.96. The van der Waals surface area contributed by atoms with Crippen LogP contribution in [-0.4, -0.2) is 29.1 Å². The molecule has 4 aromatic heterocycles. The van der Waals surface area contributed by atoms with Crippen molar-refractivity contribution in [2.24, 2.45) is 0 Å². The maximum Gasteiger partial charge on any atom is 0.308 e. The Kier molecular flexibility index (Phi) is 5.36. The first kappa shape index (κ1) is 22.2. The molecule has 0 atom stereocenters. The van der Waals surface area contributed by atoms with Gasteiger partial charge in [0.1, 0.15) is 16.9 Å². The molecule has 0 bridgehead atoms. The first-order chi connectivity index (χ1) is 18.8. The third kappa shape index (κ3) is 3.87. The van der Waals surface area contributed by atoms with Gasteiger partial charge in [-0.2, -0.15) is 4.98 Å². The van der Waals surface area contributed by atoms with Crippen LogP contribution < -0.4 is 0 Å². The van der Waals surface area contributed by atoms with Crippen LogP contribution in [0, 0.1) is 0 Å². The van der Waals surface area contributed by atoms with Crippen molar-refractivity contribution in [3.05, 3.63) is 97.3 Å². The van der Waals surface area contributed by atoms with E-state index in [0.717, 1.165) is 59.1 Å². The van der Waals surface area contributed by atoms with Crippen molar-refractivity contribution in [3.63, 3.8) is 0 Å². The van der Waals surface area contributed by atoms with Crippen molar-refractivity contribution < 1.29 is 8.83 Å². The number of imidazole rings is 2. The van der Waals surface area contributed by atoms with E-state index in [1.54, 1.807) is 0 Å². The molecule has 0 saturated carbocycles. The minimum absolute atomic E-state index is 0.415. The van der Waals surface area contributed by atoms with Gasteiger partial charge in [-0.15, -0.1) is 0 Å². The van der Waals surface area contributed by atoms with Gasteiger partial charge in [0.2, 0.25) is 0 Å². The van der Waals surface area contributed by atoms with Crippen molar-refractivity contribution in [1.29, 1.82) is 0 Å². The molecule has 8 heteroatoms. The second kappa shape index (κ2) is 9.15. The molecule has 0 fully saturated rings. The number of aromatic nitrogens is 6. The second-order valence-corrected chi connectivity index (χ2v) is 9.19. The minimum atomic E-state index is 0.415. The second-order valence-electron chi connectivity index (χ2n) is 9.19. The van der Waals surface area contributed by atoms with Gasteiger partial charge in [0.15, 0.2) is 29.2 Å². The zero-order valence-electron chi connectivity index (χ0n) is 20.8. The van der Waals surface area contributed by atoms with Crippen molar-refractivity contribution in [1.82, 2.24) is 29.1 Å². The molecule has 38 heavy (non-hydrogen) atoms. The monoisotopic (exact) mass is 500 g/mol. The van der Waals surface area contributed by atoms with Gasteiger partial charge in [0, 0.05) is 29.5 Å². The average Bonchev–Trinajstić information content (AvgIpc) is 3.75. The lowest BCUT2D eigenvalue weighted by atomic mass is 10.2. The Morgan fingerprint density at radius 1 is 0.737 bits per heavy atom. The Bertz CT molecular complexity index is 1810. The van der Waals surface area contributed by atoms with Crippen LogP contribution in [-0.2, 0) is 6.42 Å². The van der Waals surface area contributed by atoms with E-state index < -0.39 is 0 Å². The Morgan fingerprint density at radius 3 is 2.18 bits per heavy atom. The number of rotatable bonds is 7. The number of fused-ring (bicyclic) bond motifs is 2. The number of unbranched alkanes of at least 4 members (excludes halogenated alkanes) is 1. The topological polar surface area (TPSA) is 87.7 Å². The van der Waals surface area contributed by atoms with Crippen LogP contribution >= 0.6 is 0 Å². The molecule has 0 aliphatic rings. The summed E-state index contributed by atoms with van der Waals surface area (Å²) in [6.07, 6.45) is 8.56. The summed E-state index contributed by atoms with van der Waals surface area (Å²) in [6.45, 7) is 2.19. The molecule has 0 amide bonds.